The molecule has 1 amide bonds. The molecule has 2 aliphatic heterocycles. The summed E-state index contributed by atoms with van der Waals surface area (Å²) in [6.07, 6.45) is -15.2. The maximum absolute atomic E-state index is 12.7. The highest BCUT2D eigenvalue weighted by Gasteiger charge is 2.60. The van der Waals surface area contributed by atoms with Crippen molar-refractivity contribution < 1.29 is 35.9 Å². The van der Waals surface area contributed by atoms with Crippen LogP contribution in [0.25, 0.3) is 0 Å². The van der Waals surface area contributed by atoms with Gasteiger partial charge in [-0.3, -0.25) is 9.80 Å². The number of carbonyl (C=O) groups is 1. The fourth-order valence-electron chi connectivity index (χ4n) is 4.74. The maximum atomic E-state index is 12.7. The normalized spacial score (nSPS) is 21.1. The van der Waals surface area contributed by atoms with Crippen molar-refractivity contribution in [3.05, 3.63) is 34.3 Å². The van der Waals surface area contributed by atoms with E-state index in [1.807, 2.05) is 17.0 Å². The minimum Gasteiger partial charge on any atom is -0.426 e. The lowest BCUT2D eigenvalue weighted by molar-refractivity contribution is -0.308. The van der Waals surface area contributed by atoms with Crippen molar-refractivity contribution >= 4 is 17.7 Å². The smallest absolute Gasteiger partial charge is 0.426 e. The first-order valence-electron chi connectivity index (χ1n) is 11.4. The van der Waals surface area contributed by atoms with Crippen LogP contribution in [0.4, 0.5) is 31.1 Å². The summed E-state index contributed by atoms with van der Waals surface area (Å²) in [7, 11) is 0. The molecule has 1 unspecified atom stereocenters. The molecule has 3 rings (SSSR count). The van der Waals surface area contributed by atoms with Gasteiger partial charge in [0.05, 0.1) is 0 Å². The van der Waals surface area contributed by atoms with E-state index in [0.717, 1.165) is 35.4 Å². The van der Waals surface area contributed by atoms with E-state index in [1.54, 1.807) is 6.07 Å². The molecule has 1 aromatic carbocycles. The molecule has 12 heteroatoms. The summed E-state index contributed by atoms with van der Waals surface area (Å²) in [5.74, 6) is 0. The first-order valence-corrected chi connectivity index (χ1v) is 11.8. The Balaban J connectivity index is 1.65. The van der Waals surface area contributed by atoms with E-state index in [-0.39, 0.29) is 37.8 Å². The molecule has 0 bridgehead atoms. The van der Waals surface area contributed by atoms with Gasteiger partial charge >= 0.3 is 18.4 Å². The Labute approximate surface area is 205 Å². The van der Waals surface area contributed by atoms with Gasteiger partial charge in [0.25, 0.3) is 6.10 Å². The number of alkyl halides is 6. The highest BCUT2D eigenvalue weighted by molar-refractivity contribution is 6.30. The van der Waals surface area contributed by atoms with Crippen LogP contribution >= 0.6 is 11.6 Å². The van der Waals surface area contributed by atoms with E-state index < -0.39 is 24.5 Å². The van der Waals surface area contributed by atoms with Crippen molar-refractivity contribution in [1.82, 2.24) is 14.7 Å². The zero-order valence-corrected chi connectivity index (χ0v) is 20.6. The molecule has 2 saturated heterocycles. The van der Waals surface area contributed by atoms with Gasteiger partial charge in [-0.05, 0) is 63.4 Å². The Kier molecular flexibility index (Phi) is 8.23. The minimum absolute atomic E-state index is 0.0303. The topological polar surface area (TPSA) is 36.0 Å². The number of carbonyl (C=O) groups excluding carboxylic acids is 1. The highest BCUT2D eigenvalue weighted by Crippen LogP contribution is 2.40. The summed E-state index contributed by atoms with van der Waals surface area (Å²) >= 11 is 6.31. The number of nitrogens with zero attached hydrogens (tertiary/aromatic N) is 3. The molecule has 0 N–H and O–H groups in total. The van der Waals surface area contributed by atoms with E-state index in [2.05, 4.69) is 30.4 Å². The molecule has 0 radical (unpaired) electrons. The van der Waals surface area contributed by atoms with Crippen LogP contribution in [0.15, 0.2) is 18.2 Å². The van der Waals surface area contributed by atoms with Gasteiger partial charge in [-0.1, -0.05) is 17.7 Å². The van der Waals surface area contributed by atoms with E-state index in [9.17, 15) is 31.1 Å². The number of likely N-dealkylation sites (tertiary alicyclic amines) is 1. The largest absolute Gasteiger partial charge is 0.434 e. The third kappa shape index (κ3) is 6.95. The van der Waals surface area contributed by atoms with Crippen molar-refractivity contribution in [2.75, 3.05) is 32.7 Å². The minimum atomic E-state index is -5.73. The predicted molar refractivity (Wildman–Crippen MR) is 119 cm³/mol. The van der Waals surface area contributed by atoms with Crippen molar-refractivity contribution in [3.8, 4) is 0 Å². The molecule has 1 aromatic rings. The van der Waals surface area contributed by atoms with Gasteiger partial charge in [0.15, 0.2) is 0 Å². The van der Waals surface area contributed by atoms with E-state index >= 15 is 0 Å². The SMILES string of the molecule is CC(C)(C)N1CCCC1c1cc(Cl)ccc1CN1CCN(C(=O)OC(C(F)(F)F)C(F)(F)F)CC1. The molecular formula is C23H30ClF6N3O2. The lowest BCUT2D eigenvalue weighted by Gasteiger charge is -2.39. The number of benzene rings is 1. The molecule has 2 heterocycles. The Morgan fingerprint density at radius 2 is 1.63 bits per heavy atom. The van der Waals surface area contributed by atoms with Gasteiger partial charge < -0.3 is 9.64 Å². The first-order chi connectivity index (χ1) is 16.1. The second-order valence-electron chi connectivity index (χ2n) is 9.98. The highest BCUT2D eigenvalue weighted by atomic mass is 35.5. The van der Waals surface area contributed by atoms with E-state index in [4.69, 9.17) is 11.6 Å². The molecule has 2 fully saturated rings. The lowest BCUT2D eigenvalue weighted by Crippen LogP contribution is -2.52. The summed E-state index contributed by atoms with van der Waals surface area (Å²) in [5.41, 5.74) is 2.14. The Hall–Kier alpha value is -1.72. The molecule has 2 aliphatic rings. The lowest BCUT2D eigenvalue weighted by atomic mass is 9.95. The molecule has 35 heavy (non-hydrogen) atoms. The summed E-state index contributed by atoms with van der Waals surface area (Å²) in [6, 6.07) is 5.92. The number of halogens is 7. The molecular weight excluding hydrogens is 500 g/mol. The molecule has 1 atom stereocenters. The van der Waals surface area contributed by atoms with Gasteiger partial charge in [0, 0.05) is 49.3 Å². The van der Waals surface area contributed by atoms with Crippen molar-refractivity contribution in [2.45, 2.75) is 70.2 Å². The fourth-order valence-corrected chi connectivity index (χ4v) is 4.92. The van der Waals surface area contributed by atoms with Crippen LogP contribution < -0.4 is 0 Å². The summed E-state index contributed by atoms with van der Waals surface area (Å²) in [6.45, 7) is 8.47. The van der Waals surface area contributed by atoms with Gasteiger partial charge in [-0.25, -0.2) is 4.79 Å². The average Bonchev–Trinajstić information content (AvgIpc) is 3.22. The Bertz CT molecular complexity index is 881. The zero-order valence-electron chi connectivity index (χ0n) is 19.8. The number of hydrogen-bond acceptors (Lipinski definition) is 4. The number of amides is 1. The number of hydrogen-bond donors (Lipinski definition) is 0. The monoisotopic (exact) mass is 529 g/mol. The number of piperazine rings is 1. The second kappa shape index (κ2) is 10.3. The molecule has 0 aromatic heterocycles. The van der Waals surface area contributed by atoms with Crippen LogP contribution in [-0.2, 0) is 11.3 Å². The van der Waals surface area contributed by atoms with E-state index in [0.29, 0.717) is 11.6 Å². The van der Waals surface area contributed by atoms with Gasteiger partial charge in [-0.15, -0.1) is 0 Å². The standard InChI is InChI=1S/C23H30ClF6N3O2/c1-21(2,3)33-8-4-5-18(33)17-13-16(24)7-6-15(17)14-31-9-11-32(12-10-31)20(34)35-19(22(25,26)27)23(28,29)30/h6-7,13,18-19H,4-5,8-12,14H2,1-3H3. The Morgan fingerprint density at radius 1 is 1.03 bits per heavy atom. The number of ether oxygens (including phenoxy) is 1. The first kappa shape index (κ1) is 27.9. The predicted octanol–water partition coefficient (Wildman–Crippen LogP) is 6.02. The van der Waals surface area contributed by atoms with Gasteiger partial charge in [-0.2, -0.15) is 26.3 Å². The van der Waals surface area contributed by atoms with Crippen LogP contribution in [0.3, 0.4) is 0 Å². The summed E-state index contributed by atoms with van der Waals surface area (Å²) in [5, 5.41) is 0.626. The second-order valence-corrected chi connectivity index (χ2v) is 10.4. The zero-order chi connectivity index (χ0) is 26.2. The Morgan fingerprint density at radius 3 is 2.17 bits per heavy atom. The molecule has 198 valence electrons. The molecule has 0 spiro atoms. The van der Waals surface area contributed by atoms with Crippen molar-refractivity contribution in [3.63, 3.8) is 0 Å². The van der Waals surface area contributed by atoms with Crippen LogP contribution in [0.1, 0.15) is 50.8 Å². The van der Waals surface area contributed by atoms with Crippen molar-refractivity contribution in [2.24, 2.45) is 0 Å². The number of rotatable bonds is 4. The van der Waals surface area contributed by atoms with Crippen LogP contribution in [0, 0.1) is 0 Å². The van der Waals surface area contributed by atoms with Gasteiger partial charge in [0.2, 0.25) is 0 Å². The van der Waals surface area contributed by atoms with Crippen LogP contribution in [0.5, 0.6) is 0 Å². The van der Waals surface area contributed by atoms with Crippen LogP contribution in [-0.4, -0.2) is 77.5 Å². The molecule has 5 nitrogen and oxygen atoms in total. The third-order valence-corrected chi connectivity index (χ3v) is 6.65. The maximum Gasteiger partial charge on any atom is 0.434 e. The van der Waals surface area contributed by atoms with Gasteiger partial charge in [0.1, 0.15) is 0 Å². The molecule has 0 saturated carbocycles. The van der Waals surface area contributed by atoms with E-state index in [1.165, 1.54) is 0 Å². The van der Waals surface area contributed by atoms with Crippen molar-refractivity contribution in [1.29, 1.82) is 0 Å². The van der Waals surface area contributed by atoms with Crippen LogP contribution in [0.2, 0.25) is 5.02 Å². The molecule has 0 aliphatic carbocycles. The summed E-state index contributed by atoms with van der Waals surface area (Å²) in [4.78, 5) is 17.4. The third-order valence-electron chi connectivity index (χ3n) is 6.42. The average molecular weight is 530 g/mol. The fraction of sp³-hybridized carbons (Fsp3) is 0.696. The summed E-state index contributed by atoms with van der Waals surface area (Å²) < 4.78 is 80.1. The quantitative estimate of drug-likeness (QED) is 0.447.